The quantitative estimate of drug-likeness (QED) is 0.880. The summed E-state index contributed by atoms with van der Waals surface area (Å²) in [7, 11) is 0. The monoisotopic (exact) mass is 336 g/mol. The third-order valence-electron chi connectivity index (χ3n) is 2.99. The van der Waals surface area contributed by atoms with Gasteiger partial charge in [-0.25, -0.2) is 4.39 Å². The first-order valence-corrected chi connectivity index (χ1v) is 7.07. The van der Waals surface area contributed by atoms with E-state index in [9.17, 15) is 14.0 Å². The van der Waals surface area contributed by atoms with Gasteiger partial charge in [0.25, 0.3) is 11.8 Å². The summed E-state index contributed by atoms with van der Waals surface area (Å²) in [5, 5.41) is 2.90. The van der Waals surface area contributed by atoms with Gasteiger partial charge in [0.2, 0.25) is 0 Å². The fourth-order valence-corrected chi connectivity index (χ4v) is 1.99. The van der Waals surface area contributed by atoms with E-state index in [1.807, 2.05) is 0 Å². The predicted octanol–water partition coefficient (Wildman–Crippen LogP) is 2.98. The van der Waals surface area contributed by atoms with Crippen molar-refractivity contribution < 1.29 is 18.7 Å². The second-order valence-electron chi connectivity index (χ2n) is 4.76. The lowest BCUT2D eigenvalue weighted by molar-refractivity contribution is -0.122. The van der Waals surface area contributed by atoms with Crippen LogP contribution in [0.25, 0.3) is 0 Å². The lowest BCUT2D eigenvalue weighted by atomic mass is 10.2. The van der Waals surface area contributed by atoms with Gasteiger partial charge in [-0.2, -0.15) is 0 Å². The van der Waals surface area contributed by atoms with Crippen molar-refractivity contribution in [3.8, 4) is 5.75 Å². The summed E-state index contributed by atoms with van der Waals surface area (Å²) in [5.74, 6) is -1.42. The highest BCUT2D eigenvalue weighted by Gasteiger charge is 2.18. The number of amides is 2. The number of benzene rings is 2. The van der Waals surface area contributed by atoms with E-state index in [1.54, 1.807) is 0 Å². The van der Waals surface area contributed by atoms with Crippen molar-refractivity contribution in [2.24, 2.45) is 5.73 Å². The molecular formula is C16H14ClFN2O3. The van der Waals surface area contributed by atoms with Gasteiger partial charge >= 0.3 is 0 Å². The molecule has 2 rings (SSSR count). The fraction of sp³-hybridized carbons (Fsp3) is 0.125. The first kappa shape index (κ1) is 16.8. The van der Waals surface area contributed by atoms with Gasteiger partial charge in [0, 0.05) is 10.7 Å². The maximum Gasteiger partial charge on any atom is 0.265 e. The minimum atomic E-state index is -0.903. The van der Waals surface area contributed by atoms with Crippen molar-refractivity contribution in [1.29, 1.82) is 0 Å². The topological polar surface area (TPSA) is 81.4 Å². The van der Waals surface area contributed by atoms with E-state index in [2.05, 4.69) is 5.32 Å². The Balaban J connectivity index is 2.09. The number of anilines is 1. The second kappa shape index (κ2) is 7.11. The minimum Gasteiger partial charge on any atom is -0.480 e. The highest BCUT2D eigenvalue weighted by atomic mass is 35.5. The van der Waals surface area contributed by atoms with E-state index in [4.69, 9.17) is 22.1 Å². The fourth-order valence-electron chi connectivity index (χ4n) is 1.82. The maximum absolute atomic E-state index is 12.8. The number of primary amides is 1. The largest absolute Gasteiger partial charge is 0.480 e. The van der Waals surface area contributed by atoms with Crippen LogP contribution in [-0.4, -0.2) is 17.9 Å². The Morgan fingerprint density at radius 2 is 1.87 bits per heavy atom. The number of carbonyl (C=O) groups excluding carboxylic acids is 2. The summed E-state index contributed by atoms with van der Waals surface area (Å²) >= 11 is 5.81. The molecule has 2 aromatic rings. The molecule has 0 aliphatic carbocycles. The van der Waals surface area contributed by atoms with Crippen LogP contribution in [-0.2, 0) is 4.79 Å². The molecule has 0 saturated carbocycles. The number of nitrogens with one attached hydrogen (secondary N) is 1. The lowest BCUT2D eigenvalue weighted by Gasteiger charge is -2.16. The van der Waals surface area contributed by atoms with Crippen molar-refractivity contribution in [2.75, 3.05) is 5.32 Å². The molecule has 2 aromatic carbocycles. The summed E-state index contributed by atoms with van der Waals surface area (Å²) in [6.07, 6.45) is -0.903. The first-order chi connectivity index (χ1) is 10.9. The summed E-state index contributed by atoms with van der Waals surface area (Å²) in [5.41, 5.74) is 5.77. The van der Waals surface area contributed by atoms with Crippen LogP contribution in [0.4, 0.5) is 10.1 Å². The van der Waals surface area contributed by atoms with Crippen LogP contribution in [0.1, 0.15) is 17.3 Å². The summed E-state index contributed by atoms with van der Waals surface area (Å²) < 4.78 is 18.3. The third-order valence-corrected chi connectivity index (χ3v) is 3.23. The van der Waals surface area contributed by atoms with Crippen molar-refractivity contribution >= 4 is 29.1 Å². The number of hydrogen-bond donors (Lipinski definition) is 2. The molecule has 5 nitrogen and oxygen atoms in total. The molecule has 120 valence electrons. The van der Waals surface area contributed by atoms with Crippen molar-refractivity contribution in [2.45, 2.75) is 13.0 Å². The van der Waals surface area contributed by atoms with Gasteiger partial charge in [-0.05, 0) is 49.4 Å². The Labute approximate surface area is 137 Å². The normalized spacial score (nSPS) is 11.6. The number of halogens is 2. The maximum atomic E-state index is 12.8. The van der Waals surface area contributed by atoms with E-state index in [1.165, 1.54) is 49.4 Å². The first-order valence-electron chi connectivity index (χ1n) is 6.69. The Bertz CT molecular complexity index is 735. The Kier molecular flexibility index (Phi) is 5.18. The molecule has 3 N–H and O–H groups in total. The van der Waals surface area contributed by atoms with E-state index in [0.717, 1.165) is 0 Å². The summed E-state index contributed by atoms with van der Waals surface area (Å²) in [6.45, 7) is 1.51. The van der Waals surface area contributed by atoms with E-state index in [0.29, 0.717) is 10.7 Å². The second-order valence-corrected chi connectivity index (χ2v) is 5.20. The molecule has 0 radical (unpaired) electrons. The molecular weight excluding hydrogens is 323 g/mol. The molecule has 0 aliphatic heterocycles. The van der Waals surface area contributed by atoms with Crippen molar-refractivity contribution in [3.05, 3.63) is 58.9 Å². The molecule has 0 unspecified atom stereocenters. The molecule has 1 atom stereocenters. The van der Waals surface area contributed by atoms with Crippen LogP contribution in [0.5, 0.6) is 5.75 Å². The van der Waals surface area contributed by atoms with E-state index in [-0.39, 0.29) is 11.3 Å². The molecule has 0 saturated heterocycles. The molecule has 0 spiro atoms. The smallest absolute Gasteiger partial charge is 0.265 e. The van der Waals surface area contributed by atoms with Gasteiger partial charge in [0.15, 0.2) is 6.10 Å². The number of hydrogen-bond acceptors (Lipinski definition) is 3. The zero-order valence-electron chi connectivity index (χ0n) is 12.2. The average Bonchev–Trinajstić information content (AvgIpc) is 2.51. The van der Waals surface area contributed by atoms with Gasteiger partial charge < -0.3 is 15.8 Å². The molecule has 23 heavy (non-hydrogen) atoms. The SMILES string of the molecule is C[C@H](Oc1ccc(Cl)cc1C(N)=O)C(=O)Nc1ccc(F)cc1. The van der Waals surface area contributed by atoms with Gasteiger partial charge in [-0.1, -0.05) is 11.6 Å². The molecule has 0 fully saturated rings. The number of ether oxygens (including phenoxy) is 1. The number of nitrogens with two attached hydrogens (primary N) is 1. The lowest BCUT2D eigenvalue weighted by Crippen LogP contribution is -2.30. The van der Waals surface area contributed by atoms with Gasteiger partial charge in [0.05, 0.1) is 5.56 Å². The van der Waals surface area contributed by atoms with Gasteiger partial charge in [0.1, 0.15) is 11.6 Å². The Morgan fingerprint density at radius 3 is 2.48 bits per heavy atom. The average molecular weight is 337 g/mol. The van der Waals surface area contributed by atoms with E-state index >= 15 is 0 Å². The molecule has 7 heteroatoms. The molecule has 0 bridgehead atoms. The summed E-state index contributed by atoms with van der Waals surface area (Å²) in [4.78, 5) is 23.5. The third kappa shape index (κ3) is 4.43. The predicted molar refractivity (Wildman–Crippen MR) is 85.1 cm³/mol. The Morgan fingerprint density at radius 1 is 1.22 bits per heavy atom. The molecule has 0 aliphatic rings. The van der Waals surface area contributed by atoms with Crippen LogP contribution < -0.4 is 15.8 Å². The number of carbonyl (C=O) groups is 2. The molecule has 0 heterocycles. The number of rotatable bonds is 5. The van der Waals surface area contributed by atoms with Gasteiger partial charge in [-0.3, -0.25) is 9.59 Å². The standard InChI is InChI=1S/C16H14ClFN2O3/c1-9(16(22)20-12-5-3-11(18)4-6-12)23-14-7-2-10(17)8-13(14)15(19)21/h2-9H,1H3,(H2,19,21)(H,20,22)/t9-/m0/s1. The van der Waals surface area contributed by atoms with Crippen LogP contribution in [0.3, 0.4) is 0 Å². The highest BCUT2D eigenvalue weighted by Crippen LogP contribution is 2.23. The zero-order chi connectivity index (χ0) is 17.0. The van der Waals surface area contributed by atoms with Crippen molar-refractivity contribution in [3.63, 3.8) is 0 Å². The molecule has 2 amide bonds. The zero-order valence-corrected chi connectivity index (χ0v) is 12.9. The highest BCUT2D eigenvalue weighted by molar-refractivity contribution is 6.31. The molecule has 0 aromatic heterocycles. The van der Waals surface area contributed by atoms with Crippen LogP contribution in [0.2, 0.25) is 5.02 Å². The van der Waals surface area contributed by atoms with E-state index < -0.39 is 23.7 Å². The minimum absolute atomic E-state index is 0.0823. The Hall–Kier alpha value is -2.60. The van der Waals surface area contributed by atoms with Crippen LogP contribution in [0, 0.1) is 5.82 Å². The van der Waals surface area contributed by atoms with Crippen LogP contribution >= 0.6 is 11.6 Å². The summed E-state index contributed by atoms with van der Waals surface area (Å²) in [6, 6.07) is 9.66. The van der Waals surface area contributed by atoms with Crippen molar-refractivity contribution in [1.82, 2.24) is 0 Å². The van der Waals surface area contributed by atoms with Gasteiger partial charge in [-0.15, -0.1) is 0 Å². The van der Waals surface area contributed by atoms with Crippen LogP contribution in [0.15, 0.2) is 42.5 Å².